The third-order valence-corrected chi connectivity index (χ3v) is 1.53. The van der Waals surface area contributed by atoms with Crippen LogP contribution >= 0.6 is 0 Å². The van der Waals surface area contributed by atoms with E-state index in [1.165, 1.54) is 7.05 Å². The van der Waals surface area contributed by atoms with Gasteiger partial charge in [0.1, 0.15) is 0 Å². The summed E-state index contributed by atoms with van der Waals surface area (Å²) in [6.45, 7) is 2.92. The Kier molecular flexibility index (Phi) is 5.58. The highest BCUT2D eigenvalue weighted by Crippen LogP contribution is 2.10. The summed E-state index contributed by atoms with van der Waals surface area (Å²) >= 11 is 0. The van der Waals surface area contributed by atoms with E-state index in [-0.39, 0.29) is 0 Å². The van der Waals surface area contributed by atoms with Gasteiger partial charge in [0.2, 0.25) is 0 Å². The van der Waals surface area contributed by atoms with E-state index in [2.05, 4.69) is 12.7 Å². The maximum atomic E-state index is 5.65. The Morgan fingerprint density at radius 3 is 2.30 bits per heavy atom. The van der Waals surface area contributed by atoms with Crippen LogP contribution in [0.2, 0.25) is 0 Å². The van der Waals surface area contributed by atoms with Gasteiger partial charge in [-0.05, 0) is 26.8 Å². The maximum Gasteiger partial charge on any atom is 0.0561 e. The van der Waals surface area contributed by atoms with E-state index in [0.717, 1.165) is 19.4 Å². The van der Waals surface area contributed by atoms with Crippen molar-refractivity contribution in [1.29, 1.82) is 0 Å². The van der Waals surface area contributed by atoms with Crippen LogP contribution in [0.1, 0.15) is 19.8 Å². The van der Waals surface area contributed by atoms with E-state index in [9.17, 15) is 0 Å². The molecule has 0 aromatic carbocycles. The molecule has 0 amide bonds. The summed E-state index contributed by atoms with van der Waals surface area (Å²) in [5, 5.41) is 0. The van der Waals surface area contributed by atoms with Crippen molar-refractivity contribution >= 4 is 0 Å². The van der Waals surface area contributed by atoms with Crippen LogP contribution in [-0.4, -0.2) is 25.8 Å². The van der Waals surface area contributed by atoms with Crippen LogP contribution in [-0.2, 0) is 4.74 Å². The van der Waals surface area contributed by atoms with Crippen LogP contribution in [0.25, 0.3) is 0 Å². The molecule has 0 aromatic rings. The van der Waals surface area contributed by atoms with Crippen molar-refractivity contribution in [2.24, 2.45) is 11.5 Å². The van der Waals surface area contributed by atoms with Crippen molar-refractivity contribution in [2.45, 2.75) is 31.9 Å². The molecule has 0 spiro atoms. The van der Waals surface area contributed by atoms with Crippen LogP contribution in [0.5, 0.6) is 0 Å². The summed E-state index contributed by atoms with van der Waals surface area (Å²) in [5.41, 5.74) is 10.1. The van der Waals surface area contributed by atoms with Crippen LogP contribution in [0.4, 0.5) is 0 Å². The first-order valence-electron chi connectivity index (χ1n) is 3.74. The van der Waals surface area contributed by atoms with Gasteiger partial charge in [-0.2, -0.15) is 0 Å². The van der Waals surface area contributed by atoms with Crippen LogP contribution in [0.3, 0.4) is 0 Å². The molecule has 2 atom stereocenters. The molecular formula is C7H18N2O. The standard InChI is InChI=1S/C6H13NO.CH5N/c1-5-4-6(7)2-3-8-5;1-2/h5-6H,2-4,7H2,1H3;2H2,1H3. The average molecular weight is 146 g/mol. The Bertz CT molecular complexity index is 70.0. The number of hydrogen-bond acceptors (Lipinski definition) is 3. The second-order valence-electron chi connectivity index (χ2n) is 2.47. The van der Waals surface area contributed by atoms with Gasteiger partial charge in [0.25, 0.3) is 0 Å². The third kappa shape index (κ3) is 3.82. The summed E-state index contributed by atoms with van der Waals surface area (Å²) in [6.07, 6.45) is 2.45. The van der Waals surface area contributed by atoms with E-state index >= 15 is 0 Å². The summed E-state index contributed by atoms with van der Waals surface area (Å²) in [6, 6.07) is 0.388. The van der Waals surface area contributed by atoms with E-state index in [1.807, 2.05) is 0 Å². The molecule has 0 saturated carbocycles. The maximum absolute atomic E-state index is 5.65. The number of ether oxygens (including phenoxy) is 1. The Morgan fingerprint density at radius 1 is 1.40 bits per heavy atom. The van der Waals surface area contributed by atoms with E-state index in [0.29, 0.717) is 12.1 Å². The van der Waals surface area contributed by atoms with Gasteiger partial charge < -0.3 is 16.2 Å². The summed E-state index contributed by atoms with van der Waals surface area (Å²) in [4.78, 5) is 0. The van der Waals surface area contributed by atoms with Gasteiger partial charge in [-0.1, -0.05) is 0 Å². The zero-order valence-electron chi connectivity index (χ0n) is 6.84. The lowest BCUT2D eigenvalue weighted by Gasteiger charge is -2.23. The molecule has 0 radical (unpaired) electrons. The molecule has 1 saturated heterocycles. The largest absolute Gasteiger partial charge is 0.378 e. The van der Waals surface area contributed by atoms with Crippen molar-refractivity contribution < 1.29 is 4.74 Å². The number of hydrogen-bond donors (Lipinski definition) is 2. The third-order valence-electron chi connectivity index (χ3n) is 1.53. The fourth-order valence-corrected chi connectivity index (χ4v) is 1.03. The molecule has 3 heteroatoms. The van der Waals surface area contributed by atoms with E-state index in [1.54, 1.807) is 0 Å². The first-order valence-corrected chi connectivity index (χ1v) is 3.74. The van der Waals surface area contributed by atoms with Crippen LogP contribution < -0.4 is 11.5 Å². The number of rotatable bonds is 0. The Balaban J connectivity index is 0.000000371. The molecule has 1 rings (SSSR count). The van der Waals surface area contributed by atoms with Crippen LogP contribution in [0, 0.1) is 0 Å². The van der Waals surface area contributed by atoms with Gasteiger partial charge in [-0.25, -0.2) is 0 Å². The lowest BCUT2D eigenvalue weighted by Crippen LogP contribution is -2.32. The second kappa shape index (κ2) is 5.65. The molecule has 10 heavy (non-hydrogen) atoms. The van der Waals surface area contributed by atoms with Gasteiger partial charge >= 0.3 is 0 Å². The van der Waals surface area contributed by atoms with Crippen molar-refractivity contribution in [1.82, 2.24) is 0 Å². The molecule has 1 aliphatic rings. The lowest BCUT2D eigenvalue weighted by atomic mass is 10.1. The fourth-order valence-electron chi connectivity index (χ4n) is 1.03. The Hall–Kier alpha value is -0.120. The molecule has 2 unspecified atom stereocenters. The van der Waals surface area contributed by atoms with Crippen molar-refractivity contribution in [3.63, 3.8) is 0 Å². The highest BCUT2D eigenvalue weighted by molar-refractivity contribution is 4.69. The summed E-state index contributed by atoms with van der Waals surface area (Å²) in [7, 11) is 1.50. The van der Waals surface area contributed by atoms with Crippen molar-refractivity contribution in [3.8, 4) is 0 Å². The van der Waals surface area contributed by atoms with Gasteiger partial charge in [-0.3, -0.25) is 0 Å². The average Bonchev–Trinajstić information content (AvgIpc) is 1.91. The summed E-state index contributed by atoms with van der Waals surface area (Å²) < 4.78 is 5.27. The van der Waals surface area contributed by atoms with E-state index < -0.39 is 0 Å². The molecule has 0 aromatic heterocycles. The molecule has 0 bridgehead atoms. The van der Waals surface area contributed by atoms with Crippen molar-refractivity contribution in [2.75, 3.05) is 13.7 Å². The molecule has 62 valence electrons. The zero-order valence-corrected chi connectivity index (χ0v) is 6.84. The highest BCUT2D eigenvalue weighted by Gasteiger charge is 2.14. The van der Waals surface area contributed by atoms with Crippen LogP contribution in [0.15, 0.2) is 0 Å². The molecular weight excluding hydrogens is 128 g/mol. The predicted octanol–water partition coefficient (Wildman–Crippen LogP) is 0.0875. The molecule has 4 N–H and O–H groups in total. The minimum atomic E-state index is 0.388. The van der Waals surface area contributed by atoms with Crippen molar-refractivity contribution in [3.05, 3.63) is 0 Å². The smallest absolute Gasteiger partial charge is 0.0561 e. The summed E-state index contributed by atoms with van der Waals surface area (Å²) in [5.74, 6) is 0. The van der Waals surface area contributed by atoms with Gasteiger partial charge in [0, 0.05) is 12.6 Å². The molecule has 1 fully saturated rings. The SMILES string of the molecule is CC1CC(N)CCO1.CN. The Labute approximate surface area is 62.7 Å². The minimum absolute atomic E-state index is 0.388. The van der Waals surface area contributed by atoms with Gasteiger partial charge in [0.15, 0.2) is 0 Å². The minimum Gasteiger partial charge on any atom is -0.378 e. The second-order valence-corrected chi connectivity index (χ2v) is 2.47. The fraction of sp³-hybridized carbons (Fsp3) is 1.00. The highest BCUT2D eigenvalue weighted by atomic mass is 16.5. The Morgan fingerprint density at radius 2 is 2.00 bits per heavy atom. The quantitative estimate of drug-likeness (QED) is 0.509. The molecule has 1 heterocycles. The van der Waals surface area contributed by atoms with E-state index in [4.69, 9.17) is 10.5 Å². The predicted molar refractivity (Wildman–Crippen MR) is 42.7 cm³/mol. The number of nitrogens with two attached hydrogens (primary N) is 2. The topological polar surface area (TPSA) is 61.3 Å². The van der Waals surface area contributed by atoms with Gasteiger partial charge in [0.05, 0.1) is 6.10 Å². The monoisotopic (exact) mass is 146 g/mol. The molecule has 1 aliphatic heterocycles. The lowest BCUT2D eigenvalue weighted by molar-refractivity contribution is 0.0200. The molecule has 3 nitrogen and oxygen atoms in total. The van der Waals surface area contributed by atoms with Gasteiger partial charge in [-0.15, -0.1) is 0 Å². The normalized spacial score (nSPS) is 32.4. The first kappa shape index (κ1) is 9.88. The first-order chi connectivity index (χ1) is 4.79. The molecule has 0 aliphatic carbocycles. The zero-order chi connectivity index (χ0) is 7.98.